The Balaban J connectivity index is 2.56. The summed E-state index contributed by atoms with van der Waals surface area (Å²) in [6, 6.07) is 5.45. The second-order valence-corrected chi connectivity index (χ2v) is 5.86. The number of aromatic nitrogens is 1. The Morgan fingerprint density at radius 2 is 2.17 bits per heavy atom. The van der Waals surface area contributed by atoms with Gasteiger partial charge in [-0.3, -0.25) is 4.98 Å². The third-order valence-corrected chi connectivity index (χ3v) is 3.94. The van der Waals surface area contributed by atoms with Crippen LogP contribution in [0.4, 0.5) is 0 Å². The predicted octanol–water partition coefficient (Wildman–Crippen LogP) is 0.0386. The zero-order valence-corrected chi connectivity index (χ0v) is 11.4. The van der Waals surface area contributed by atoms with Crippen LogP contribution in [0, 0.1) is 6.92 Å². The molecule has 1 rings (SSSR count). The number of hydrogen-bond acceptors (Lipinski definition) is 4. The molecule has 0 bridgehead atoms. The van der Waals surface area contributed by atoms with Crippen LogP contribution in [0.1, 0.15) is 17.8 Å². The highest BCUT2D eigenvalue weighted by atomic mass is 32.2. The highest BCUT2D eigenvalue weighted by molar-refractivity contribution is 7.87. The number of aliphatic hydroxyl groups excluding tert-OH is 1. The normalized spacial score (nSPS) is 12.0. The Hall–Kier alpha value is -1.02. The quantitative estimate of drug-likeness (QED) is 0.735. The van der Waals surface area contributed by atoms with E-state index in [1.54, 1.807) is 6.07 Å². The lowest BCUT2D eigenvalue weighted by molar-refractivity contribution is 0.275. The molecule has 6 nitrogen and oxygen atoms in total. The highest BCUT2D eigenvalue weighted by Gasteiger charge is 2.16. The van der Waals surface area contributed by atoms with Crippen molar-refractivity contribution in [3.8, 4) is 0 Å². The number of aryl methyl sites for hydroxylation is 1. The van der Waals surface area contributed by atoms with Crippen LogP contribution in [0.5, 0.6) is 0 Å². The average Bonchev–Trinajstić information content (AvgIpc) is 2.33. The van der Waals surface area contributed by atoms with Gasteiger partial charge in [-0.05, 0) is 25.5 Å². The van der Waals surface area contributed by atoms with E-state index >= 15 is 0 Å². The maximum absolute atomic E-state index is 11.8. The molecule has 2 N–H and O–H groups in total. The van der Waals surface area contributed by atoms with Gasteiger partial charge in [0.25, 0.3) is 10.2 Å². The molecule has 0 radical (unpaired) electrons. The SMILES string of the molecule is Cc1cccc(CNS(=O)(=O)N(C)CCCO)n1. The van der Waals surface area contributed by atoms with E-state index in [-0.39, 0.29) is 19.7 Å². The van der Waals surface area contributed by atoms with Gasteiger partial charge in [-0.25, -0.2) is 0 Å². The first-order valence-electron chi connectivity index (χ1n) is 5.70. The zero-order valence-electron chi connectivity index (χ0n) is 10.6. The molecule has 18 heavy (non-hydrogen) atoms. The summed E-state index contributed by atoms with van der Waals surface area (Å²) in [5.41, 5.74) is 1.52. The molecule has 0 aromatic carbocycles. The smallest absolute Gasteiger partial charge is 0.279 e. The van der Waals surface area contributed by atoms with Crippen molar-refractivity contribution in [3.05, 3.63) is 29.6 Å². The first-order valence-corrected chi connectivity index (χ1v) is 7.14. The van der Waals surface area contributed by atoms with Gasteiger partial charge >= 0.3 is 0 Å². The van der Waals surface area contributed by atoms with Crippen molar-refractivity contribution in [1.82, 2.24) is 14.0 Å². The fraction of sp³-hybridized carbons (Fsp3) is 0.545. The Morgan fingerprint density at radius 3 is 2.78 bits per heavy atom. The van der Waals surface area contributed by atoms with Crippen LogP contribution in [0.25, 0.3) is 0 Å². The Bertz CT molecular complexity index is 476. The Kier molecular flexibility index (Phi) is 5.67. The van der Waals surface area contributed by atoms with Crippen molar-refractivity contribution in [2.75, 3.05) is 20.2 Å². The summed E-state index contributed by atoms with van der Waals surface area (Å²) in [7, 11) is -2.04. The van der Waals surface area contributed by atoms with Gasteiger partial charge in [0.05, 0.1) is 12.2 Å². The fourth-order valence-electron chi connectivity index (χ4n) is 1.39. The molecular weight excluding hydrogens is 254 g/mol. The maximum atomic E-state index is 11.8. The van der Waals surface area contributed by atoms with Gasteiger partial charge in [0, 0.05) is 25.9 Å². The van der Waals surface area contributed by atoms with E-state index in [2.05, 4.69) is 9.71 Å². The van der Waals surface area contributed by atoms with E-state index in [9.17, 15) is 8.42 Å². The van der Waals surface area contributed by atoms with Crippen LogP contribution in [0.15, 0.2) is 18.2 Å². The third kappa shape index (κ3) is 4.69. The molecule has 0 aliphatic heterocycles. The van der Waals surface area contributed by atoms with E-state index in [1.807, 2.05) is 19.1 Å². The van der Waals surface area contributed by atoms with E-state index in [1.165, 1.54) is 11.4 Å². The Labute approximate surface area is 108 Å². The summed E-state index contributed by atoms with van der Waals surface area (Å²) in [5, 5.41) is 8.67. The van der Waals surface area contributed by atoms with Crippen LogP contribution in [-0.2, 0) is 16.8 Å². The van der Waals surface area contributed by atoms with Crippen LogP contribution in [-0.4, -0.2) is 43.0 Å². The van der Waals surface area contributed by atoms with Crippen molar-refractivity contribution < 1.29 is 13.5 Å². The number of aliphatic hydroxyl groups is 1. The molecule has 1 aromatic rings. The number of hydrogen-bond donors (Lipinski definition) is 2. The summed E-state index contributed by atoms with van der Waals surface area (Å²) in [6.45, 7) is 2.27. The van der Waals surface area contributed by atoms with Crippen molar-refractivity contribution in [3.63, 3.8) is 0 Å². The molecular formula is C11H19N3O3S. The van der Waals surface area contributed by atoms with Crippen LogP contribution in [0.3, 0.4) is 0 Å². The number of nitrogens with zero attached hydrogens (tertiary/aromatic N) is 2. The third-order valence-electron chi connectivity index (χ3n) is 2.42. The molecule has 0 saturated heterocycles. The topological polar surface area (TPSA) is 82.5 Å². The van der Waals surface area contributed by atoms with Gasteiger partial charge in [-0.15, -0.1) is 0 Å². The molecule has 0 unspecified atom stereocenters. The molecule has 7 heteroatoms. The van der Waals surface area contributed by atoms with Crippen molar-refractivity contribution >= 4 is 10.2 Å². The lowest BCUT2D eigenvalue weighted by Crippen LogP contribution is -2.38. The molecule has 0 aliphatic carbocycles. The van der Waals surface area contributed by atoms with Gasteiger partial charge < -0.3 is 5.11 Å². The number of pyridine rings is 1. The van der Waals surface area contributed by atoms with Gasteiger partial charge in [0.1, 0.15) is 0 Å². The lowest BCUT2D eigenvalue weighted by Gasteiger charge is -2.16. The minimum Gasteiger partial charge on any atom is -0.396 e. The first-order chi connectivity index (χ1) is 8.45. The summed E-state index contributed by atoms with van der Waals surface area (Å²) in [6.07, 6.45) is 0.417. The second kappa shape index (κ2) is 6.79. The Morgan fingerprint density at radius 1 is 1.44 bits per heavy atom. The lowest BCUT2D eigenvalue weighted by atomic mass is 10.3. The molecule has 0 spiro atoms. The van der Waals surface area contributed by atoms with E-state index in [4.69, 9.17) is 5.11 Å². The fourth-order valence-corrected chi connectivity index (χ4v) is 2.31. The largest absolute Gasteiger partial charge is 0.396 e. The summed E-state index contributed by atoms with van der Waals surface area (Å²) >= 11 is 0. The minimum absolute atomic E-state index is 0.0285. The summed E-state index contributed by atoms with van der Waals surface area (Å²) < 4.78 is 27.2. The maximum Gasteiger partial charge on any atom is 0.279 e. The standard InChI is InChI=1S/C11H19N3O3S/c1-10-5-3-6-11(13-10)9-12-18(16,17)14(2)7-4-8-15/h3,5-6,12,15H,4,7-9H2,1-2H3. The molecule has 0 amide bonds. The van der Waals surface area contributed by atoms with Gasteiger partial charge in [-0.2, -0.15) is 17.4 Å². The molecule has 0 fully saturated rings. The van der Waals surface area contributed by atoms with Gasteiger partial charge in [0.2, 0.25) is 0 Å². The van der Waals surface area contributed by atoms with Crippen LogP contribution in [0.2, 0.25) is 0 Å². The molecule has 102 valence electrons. The highest BCUT2D eigenvalue weighted by Crippen LogP contribution is 2.01. The molecule has 0 atom stereocenters. The zero-order chi connectivity index (χ0) is 13.6. The monoisotopic (exact) mass is 273 g/mol. The van der Waals surface area contributed by atoms with Gasteiger partial charge in [0.15, 0.2) is 0 Å². The van der Waals surface area contributed by atoms with Crippen molar-refractivity contribution in [2.45, 2.75) is 19.9 Å². The van der Waals surface area contributed by atoms with Crippen molar-refractivity contribution in [1.29, 1.82) is 0 Å². The van der Waals surface area contributed by atoms with Crippen molar-refractivity contribution in [2.24, 2.45) is 0 Å². The average molecular weight is 273 g/mol. The van der Waals surface area contributed by atoms with E-state index < -0.39 is 10.2 Å². The molecule has 0 saturated carbocycles. The summed E-state index contributed by atoms with van der Waals surface area (Å²) in [4.78, 5) is 4.21. The minimum atomic E-state index is -3.51. The van der Waals surface area contributed by atoms with Crippen LogP contribution < -0.4 is 4.72 Å². The number of nitrogens with one attached hydrogen (secondary N) is 1. The van der Waals surface area contributed by atoms with Gasteiger partial charge in [-0.1, -0.05) is 6.07 Å². The first kappa shape index (κ1) is 15.0. The molecule has 0 aliphatic rings. The second-order valence-electron chi connectivity index (χ2n) is 4.00. The summed E-state index contributed by atoms with van der Waals surface area (Å²) in [5.74, 6) is 0. The number of rotatable bonds is 7. The molecule has 1 aromatic heterocycles. The van der Waals surface area contributed by atoms with Crippen LogP contribution >= 0.6 is 0 Å². The van der Waals surface area contributed by atoms with E-state index in [0.717, 1.165) is 5.69 Å². The van der Waals surface area contributed by atoms with E-state index in [0.29, 0.717) is 12.1 Å². The predicted molar refractivity (Wildman–Crippen MR) is 69.1 cm³/mol. The molecule has 1 heterocycles.